The van der Waals surface area contributed by atoms with E-state index in [0.29, 0.717) is 39.1 Å². The van der Waals surface area contributed by atoms with Crippen LogP contribution in [0.2, 0.25) is 0 Å². The fourth-order valence-corrected chi connectivity index (χ4v) is 3.90. The van der Waals surface area contributed by atoms with Crippen LogP contribution in [0, 0.1) is 0 Å². The average molecular weight is 324 g/mol. The lowest BCUT2D eigenvalue weighted by Gasteiger charge is -2.55. The average Bonchev–Trinajstić information content (AvgIpc) is 2.45. The molecule has 0 aromatic carbocycles. The Kier molecular flexibility index (Phi) is 5.04. The number of nitrogens with zero attached hydrogens (tertiary/aromatic N) is 2. The molecule has 2 aliphatic heterocycles. The molecule has 2 amide bonds. The first kappa shape index (κ1) is 17.8. The van der Waals surface area contributed by atoms with E-state index in [2.05, 4.69) is 6.58 Å². The molecule has 0 unspecified atom stereocenters. The molecule has 0 bridgehead atoms. The zero-order chi connectivity index (χ0) is 17.3. The number of ether oxygens (including phenoxy) is 2. The van der Waals surface area contributed by atoms with Crippen LogP contribution in [0.5, 0.6) is 0 Å². The van der Waals surface area contributed by atoms with Crippen LogP contribution >= 0.6 is 0 Å². The van der Waals surface area contributed by atoms with Gasteiger partial charge in [0.25, 0.3) is 0 Å². The number of carbonyl (C=O) groups is 2. The van der Waals surface area contributed by atoms with Gasteiger partial charge in [-0.05, 0) is 27.7 Å². The van der Waals surface area contributed by atoms with Crippen LogP contribution in [-0.4, -0.2) is 65.3 Å². The van der Waals surface area contributed by atoms with E-state index >= 15 is 0 Å². The highest BCUT2D eigenvalue weighted by Crippen LogP contribution is 2.40. The van der Waals surface area contributed by atoms with Crippen molar-refractivity contribution in [2.45, 2.75) is 57.7 Å². The number of likely N-dealkylation sites (tertiary alicyclic amines) is 1. The summed E-state index contributed by atoms with van der Waals surface area (Å²) in [4.78, 5) is 28.4. The molecule has 0 saturated carbocycles. The molecule has 0 aliphatic carbocycles. The molecule has 6 heteroatoms. The summed E-state index contributed by atoms with van der Waals surface area (Å²) in [6.07, 6.45) is 2.21. The van der Waals surface area contributed by atoms with E-state index in [1.54, 1.807) is 0 Å². The van der Waals surface area contributed by atoms with Gasteiger partial charge in [-0.1, -0.05) is 6.58 Å². The van der Waals surface area contributed by atoms with Crippen LogP contribution in [0.4, 0.5) is 4.79 Å². The third-order valence-electron chi connectivity index (χ3n) is 4.59. The second kappa shape index (κ2) is 6.51. The smallest absolute Gasteiger partial charge is 0.330 e. The van der Waals surface area contributed by atoms with Crippen molar-refractivity contribution in [3.8, 4) is 0 Å². The number of piperidine rings is 1. The molecule has 0 radical (unpaired) electrons. The summed E-state index contributed by atoms with van der Waals surface area (Å²) in [5, 5.41) is 0. The minimum Gasteiger partial charge on any atom is -0.459 e. The molecule has 0 aromatic heterocycles. The number of hydrogen-bond donors (Lipinski definition) is 0. The molecule has 0 spiro atoms. The SMILES string of the molecule is C=CC(=O)OC1CC(C)(C)N(C(=O)N2CCOCC2)C(C)(C)C1. The Balaban J connectivity index is 2.17. The van der Waals surface area contributed by atoms with Crippen molar-refractivity contribution in [3.63, 3.8) is 0 Å². The molecule has 0 N–H and O–H groups in total. The lowest BCUT2D eigenvalue weighted by Crippen LogP contribution is -2.67. The molecule has 2 heterocycles. The molecular formula is C17H28N2O4. The number of amides is 2. The number of carbonyl (C=O) groups excluding carboxylic acids is 2. The minimum absolute atomic E-state index is 0.0387. The lowest BCUT2D eigenvalue weighted by atomic mass is 9.78. The number of rotatable bonds is 2. The van der Waals surface area contributed by atoms with E-state index in [4.69, 9.17) is 9.47 Å². The first-order valence-electron chi connectivity index (χ1n) is 8.17. The lowest BCUT2D eigenvalue weighted by molar-refractivity contribution is -0.151. The van der Waals surface area contributed by atoms with E-state index in [1.807, 2.05) is 37.5 Å². The van der Waals surface area contributed by atoms with E-state index in [-0.39, 0.29) is 12.1 Å². The van der Waals surface area contributed by atoms with Crippen molar-refractivity contribution < 1.29 is 19.1 Å². The van der Waals surface area contributed by atoms with Gasteiger partial charge in [-0.2, -0.15) is 0 Å². The van der Waals surface area contributed by atoms with Crippen LogP contribution < -0.4 is 0 Å². The maximum atomic E-state index is 13.0. The van der Waals surface area contributed by atoms with E-state index < -0.39 is 17.0 Å². The van der Waals surface area contributed by atoms with Crippen molar-refractivity contribution in [2.24, 2.45) is 0 Å². The molecule has 130 valence electrons. The Labute approximate surface area is 138 Å². The summed E-state index contributed by atoms with van der Waals surface area (Å²) < 4.78 is 10.8. The second-order valence-electron chi connectivity index (χ2n) is 7.51. The Morgan fingerprint density at radius 3 is 2.13 bits per heavy atom. The Bertz CT molecular complexity index is 463. The van der Waals surface area contributed by atoms with Crippen molar-refractivity contribution in [2.75, 3.05) is 26.3 Å². The summed E-state index contributed by atoms with van der Waals surface area (Å²) in [5.41, 5.74) is -0.799. The van der Waals surface area contributed by atoms with Gasteiger partial charge in [-0.25, -0.2) is 9.59 Å². The van der Waals surface area contributed by atoms with Gasteiger partial charge >= 0.3 is 12.0 Å². The fourth-order valence-electron chi connectivity index (χ4n) is 3.90. The van der Waals surface area contributed by atoms with Crippen LogP contribution in [0.3, 0.4) is 0 Å². The summed E-state index contributed by atoms with van der Waals surface area (Å²) in [7, 11) is 0. The van der Waals surface area contributed by atoms with Crippen LogP contribution in [0.1, 0.15) is 40.5 Å². The fraction of sp³-hybridized carbons (Fsp3) is 0.765. The summed E-state index contributed by atoms with van der Waals surface area (Å²) >= 11 is 0. The Hall–Kier alpha value is -1.56. The van der Waals surface area contributed by atoms with Gasteiger partial charge < -0.3 is 19.3 Å². The van der Waals surface area contributed by atoms with Crippen LogP contribution in [0.25, 0.3) is 0 Å². The van der Waals surface area contributed by atoms with Gasteiger partial charge in [0.2, 0.25) is 0 Å². The Morgan fingerprint density at radius 1 is 1.13 bits per heavy atom. The van der Waals surface area contributed by atoms with Gasteiger partial charge in [0, 0.05) is 43.1 Å². The number of hydrogen-bond acceptors (Lipinski definition) is 4. The predicted molar refractivity (Wildman–Crippen MR) is 87.1 cm³/mol. The third kappa shape index (κ3) is 3.86. The minimum atomic E-state index is -0.408. The highest BCUT2D eigenvalue weighted by atomic mass is 16.5. The highest BCUT2D eigenvalue weighted by molar-refractivity contribution is 5.81. The molecule has 6 nitrogen and oxygen atoms in total. The summed E-state index contributed by atoms with van der Waals surface area (Å²) in [6.45, 7) is 14.0. The molecule has 2 aliphatic rings. The molecule has 0 aromatic rings. The largest absolute Gasteiger partial charge is 0.459 e. The topological polar surface area (TPSA) is 59.1 Å². The third-order valence-corrected chi connectivity index (χ3v) is 4.59. The summed E-state index contributed by atoms with van der Waals surface area (Å²) in [5.74, 6) is -0.408. The number of morpholine rings is 1. The molecular weight excluding hydrogens is 296 g/mol. The van der Waals surface area contributed by atoms with Crippen molar-refractivity contribution in [1.29, 1.82) is 0 Å². The molecule has 23 heavy (non-hydrogen) atoms. The zero-order valence-corrected chi connectivity index (χ0v) is 14.6. The van der Waals surface area contributed by atoms with Gasteiger partial charge in [-0.3, -0.25) is 0 Å². The predicted octanol–water partition coefficient (Wildman–Crippen LogP) is 2.19. The van der Waals surface area contributed by atoms with E-state index in [0.717, 1.165) is 0 Å². The van der Waals surface area contributed by atoms with Crippen molar-refractivity contribution >= 4 is 12.0 Å². The monoisotopic (exact) mass is 324 g/mol. The zero-order valence-electron chi connectivity index (χ0n) is 14.6. The van der Waals surface area contributed by atoms with Crippen LogP contribution in [0.15, 0.2) is 12.7 Å². The normalized spacial score (nSPS) is 24.2. The van der Waals surface area contributed by atoms with Gasteiger partial charge in [0.15, 0.2) is 0 Å². The highest BCUT2D eigenvalue weighted by Gasteiger charge is 2.50. The first-order valence-corrected chi connectivity index (χ1v) is 8.17. The molecule has 2 saturated heterocycles. The van der Waals surface area contributed by atoms with Gasteiger partial charge in [0.05, 0.1) is 13.2 Å². The molecule has 0 atom stereocenters. The van der Waals surface area contributed by atoms with Gasteiger partial charge in [0.1, 0.15) is 6.10 Å². The Morgan fingerprint density at radius 2 is 1.65 bits per heavy atom. The van der Waals surface area contributed by atoms with Crippen molar-refractivity contribution in [3.05, 3.63) is 12.7 Å². The van der Waals surface area contributed by atoms with E-state index in [9.17, 15) is 9.59 Å². The number of urea groups is 1. The number of esters is 1. The first-order chi connectivity index (χ1) is 10.7. The van der Waals surface area contributed by atoms with Crippen LogP contribution in [-0.2, 0) is 14.3 Å². The maximum Gasteiger partial charge on any atom is 0.330 e. The molecule has 2 rings (SSSR count). The second-order valence-corrected chi connectivity index (χ2v) is 7.51. The van der Waals surface area contributed by atoms with E-state index in [1.165, 1.54) is 6.08 Å². The summed E-state index contributed by atoms with van der Waals surface area (Å²) in [6, 6.07) is 0.0387. The van der Waals surface area contributed by atoms with Crippen molar-refractivity contribution in [1.82, 2.24) is 9.80 Å². The quantitative estimate of drug-likeness (QED) is 0.577. The standard InChI is InChI=1S/C17H28N2O4/c1-6-14(20)23-13-11-16(2,3)19(17(4,5)12-13)15(21)18-7-9-22-10-8-18/h6,13H,1,7-12H2,2-5H3. The van der Waals surface area contributed by atoms with Gasteiger partial charge in [-0.15, -0.1) is 0 Å². The maximum absolute atomic E-state index is 13.0. The molecule has 2 fully saturated rings.